The minimum absolute atomic E-state index is 0.0532. The first-order valence-electron chi connectivity index (χ1n) is 6.97. The van der Waals surface area contributed by atoms with Gasteiger partial charge >= 0.3 is 0 Å². The molecule has 1 amide bonds. The molecule has 2 rings (SSSR count). The third-order valence-electron chi connectivity index (χ3n) is 3.75. The van der Waals surface area contributed by atoms with Gasteiger partial charge in [-0.15, -0.1) is 0 Å². The molecule has 1 atom stereocenters. The van der Waals surface area contributed by atoms with E-state index in [1.165, 1.54) is 0 Å². The lowest BCUT2D eigenvalue weighted by molar-refractivity contribution is 0.0915. The van der Waals surface area contributed by atoms with Gasteiger partial charge < -0.3 is 10.4 Å². The van der Waals surface area contributed by atoms with Crippen LogP contribution in [0.3, 0.4) is 0 Å². The molecule has 0 aliphatic carbocycles. The van der Waals surface area contributed by atoms with E-state index >= 15 is 0 Å². The molecule has 0 aromatic heterocycles. The summed E-state index contributed by atoms with van der Waals surface area (Å²) in [6.07, 6.45) is 0. The zero-order chi connectivity index (χ0) is 17.1. The van der Waals surface area contributed by atoms with E-state index in [0.29, 0.717) is 5.56 Å². The van der Waals surface area contributed by atoms with Crippen molar-refractivity contribution < 1.29 is 23.1 Å². The molecule has 1 unspecified atom stereocenters. The summed E-state index contributed by atoms with van der Waals surface area (Å²) in [5.41, 5.74) is 2.02. The molecular formula is C17H16F3NO2. The molecular weight excluding hydrogens is 307 g/mol. The second kappa shape index (κ2) is 6.83. The summed E-state index contributed by atoms with van der Waals surface area (Å²) in [6, 6.07) is 5.62. The Balaban J connectivity index is 2.29. The fourth-order valence-electron chi connectivity index (χ4n) is 2.24. The Morgan fingerprint density at radius 2 is 1.78 bits per heavy atom. The number of hydrogen-bond acceptors (Lipinski definition) is 2. The molecule has 0 fully saturated rings. The Labute approximate surface area is 131 Å². The second-order valence-corrected chi connectivity index (χ2v) is 5.25. The Kier molecular flexibility index (Phi) is 5.05. The summed E-state index contributed by atoms with van der Waals surface area (Å²) in [5.74, 6) is -4.83. The van der Waals surface area contributed by atoms with Crippen molar-refractivity contribution >= 4 is 5.91 Å². The number of hydrogen-bond donors (Lipinski definition) is 2. The van der Waals surface area contributed by atoms with E-state index in [4.69, 9.17) is 0 Å². The third kappa shape index (κ3) is 3.53. The van der Waals surface area contributed by atoms with Crippen LogP contribution in [0.15, 0.2) is 30.3 Å². The molecule has 0 saturated carbocycles. The fourth-order valence-corrected chi connectivity index (χ4v) is 2.24. The van der Waals surface area contributed by atoms with E-state index in [0.717, 1.165) is 23.3 Å². The van der Waals surface area contributed by atoms with Crippen LogP contribution in [0.1, 0.15) is 33.1 Å². The first kappa shape index (κ1) is 17.0. The van der Waals surface area contributed by atoms with E-state index in [9.17, 15) is 23.1 Å². The van der Waals surface area contributed by atoms with Gasteiger partial charge in [-0.3, -0.25) is 4.79 Å². The molecule has 0 bridgehead atoms. The first-order valence-corrected chi connectivity index (χ1v) is 6.97. The Morgan fingerprint density at radius 1 is 1.17 bits per heavy atom. The number of halogens is 3. The molecule has 0 aliphatic rings. The monoisotopic (exact) mass is 323 g/mol. The lowest BCUT2D eigenvalue weighted by Gasteiger charge is -2.18. The predicted molar refractivity (Wildman–Crippen MR) is 79.5 cm³/mol. The normalized spacial score (nSPS) is 12.1. The largest absolute Gasteiger partial charge is 0.394 e. The number of amides is 1. The number of aliphatic hydroxyl groups excluding tert-OH is 1. The van der Waals surface area contributed by atoms with E-state index in [-0.39, 0.29) is 5.56 Å². The van der Waals surface area contributed by atoms with Crippen LogP contribution >= 0.6 is 0 Å². The van der Waals surface area contributed by atoms with Crippen LogP contribution in [0.4, 0.5) is 13.2 Å². The smallest absolute Gasteiger partial charge is 0.252 e. The summed E-state index contributed by atoms with van der Waals surface area (Å²) in [7, 11) is 0. The third-order valence-corrected chi connectivity index (χ3v) is 3.75. The first-order chi connectivity index (χ1) is 10.8. The van der Waals surface area contributed by atoms with Crippen LogP contribution in [0.2, 0.25) is 0 Å². The average molecular weight is 323 g/mol. The highest BCUT2D eigenvalue weighted by Crippen LogP contribution is 2.20. The van der Waals surface area contributed by atoms with Crippen molar-refractivity contribution in [1.29, 1.82) is 0 Å². The highest BCUT2D eigenvalue weighted by Gasteiger charge is 2.20. The van der Waals surface area contributed by atoms with Gasteiger partial charge in [0.25, 0.3) is 5.91 Å². The zero-order valence-corrected chi connectivity index (χ0v) is 12.7. The van der Waals surface area contributed by atoms with Crippen molar-refractivity contribution in [3.63, 3.8) is 0 Å². The van der Waals surface area contributed by atoms with Crippen LogP contribution in [0, 0.1) is 31.3 Å². The van der Waals surface area contributed by atoms with Gasteiger partial charge in [-0.05, 0) is 48.7 Å². The second-order valence-electron chi connectivity index (χ2n) is 5.25. The van der Waals surface area contributed by atoms with Gasteiger partial charge in [0.2, 0.25) is 0 Å². The molecule has 6 heteroatoms. The molecule has 2 aromatic carbocycles. The molecule has 23 heavy (non-hydrogen) atoms. The van der Waals surface area contributed by atoms with Gasteiger partial charge in [0.1, 0.15) is 0 Å². The maximum atomic E-state index is 13.3. The zero-order valence-electron chi connectivity index (χ0n) is 12.7. The van der Waals surface area contributed by atoms with Gasteiger partial charge in [0, 0.05) is 5.56 Å². The number of rotatable bonds is 4. The number of aryl methyl sites for hydroxylation is 1. The number of aliphatic hydroxyl groups is 1. The SMILES string of the molecule is Cc1cccc(C(=O)NC(CO)c2cc(F)c(F)c(F)c2)c1C. The number of nitrogens with one attached hydrogen (secondary N) is 1. The maximum Gasteiger partial charge on any atom is 0.252 e. The van der Waals surface area contributed by atoms with Crippen molar-refractivity contribution in [2.24, 2.45) is 0 Å². The predicted octanol–water partition coefficient (Wildman–Crippen LogP) is 3.18. The Bertz CT molecular complexity index is 724. The molecule has 2 aromatic rings. The molecule has 0 aliphatic heterocycles. The maximum absolute atomic E-state index is 13.3. The number of carbonyl (C=O) groups is 1. The van der Waals surface area contributed by atoms with Crippen molar-refractivity contribution in [3.8, 4) is 0 Å². The summed E-state index contributed by atoms with van der Waals surface area (Å²) in [4.78, 5) is 12.3. The van der Waals surface area contributed by atoms with Crippen LogP contribution in [0.25, 0.3) is 0 Å². The fraction of sp³-hybridized carbons (Fsp3) is 0.235. The molecule has 122 valence electrons. The summed E-state index contributed by atoms with van der Waals surface area (Å²) >= 11 is 0. The Hall–Kier alpha value is -2.34. The van der Waals surface area contributed by atoms with Gasteiger partial charge in [0.15, 0.2) is 17.5 Å². The van der Waals surface area contributed by atoms with E-state index in [1.54, 1.807) is 19.1 Å². The minimum atomic E-state index is -1.59. The highest BCUT2D eigenvalue weighted by molar-refractivity contribution is 5.96. The van der Waals surface area contributed by atoms with Crippen LogP contribution < -0.4 is 5.32 Å². The average Bonchev–Trinajstić information content (AvgIpc) is 2.52. The van der Waals surface area contributed by atoms with Crippen molar-refractivity contribution in [1.82, 2.24) is 5.32 Å². The van der Waals surface area contributed by atoms with Gasteiger partial charge in [0.05, 0.1) is 12.6 Å². The van der Waals surface area contributed by atoms with Gasteiger partial charge in [-0.2, -0.15) is 0 Å². The summed E-state index contributed by atoms with van der Waals surface area (Å²) in [5, 5.41) is 11.9. The van der Waals surface area contributed by atoms with Gasteiger partial charge in [-0.1, -0.05) is 12.1 Å². The number of carbonyl (C=O) groups excluding carboxylic acids is 1. The van der Waals surface area contributed by atoms with E-state index in [1.807, 2.05) is 13.0 Å². The summed E-state index contributed by atoms with van der Waals surface area (Å²) < 4.78 is 39.6. The number of benzene rings is 2. The molecule has 0 radical (unpaired) electrons. The van der Waals surface area contributed by atoms with Crippen molar-refractivity contribution in [2.45, 2.75) is 19.9 Å². The minimum Gasteiger partial charge on any atom is -0.394 e. The summed E-state index contributed by atoms with van der Waals surface area (Å²) in [6.45, 7) is 3.04. The standard InChI is InChI=1S/C17H16F3NO2/c1-9-4-3-5-12(10(9)2)17(23)21-15(8-22)11-6-13(18)16(20)14(19)7-11/h3-7,15,22H,8H2,1-2H3,(H,21,23). The molecule has 0 saturated heterocycles. The Morgan fingerprint density at radius 3 is 2.35 bits per heavy atom. The van der Waals surface area contributed by atoms with E-state index < -0.39 is 36.0 Å². The van der Waals surface area contributed by atoms with Crippen LogP contribution in [0.5, 0.6) is 0 Å². The van der Waals surface area contributed by atoms with Crippen LogP contribution in [-0.4, -0.2) is 17.6 Å². The lowest BCUT2D eigenvalue weighted by atomic mass is 10.0. The van der Waals surface area contributed by atoms with E-state index in [2.05, 4.69) is 5.32 Å². The van der Waals surface area contributed by atoms with Crippen molar-refractivity contribution in [3.05, 3.63) is 70.0 Å². The van der Waals surface area contributed by atoms with Crippen LogP contribution in [-0.2, 0) is 0 Å². The molecule has 0 spiro atoms. The molecule has 3 nitrogen and oxygen atoms in total. The lowest BCUT2D eigenvalue weighted by Crippen LogP contribution is -2.31. The van der Waals surface area contributed by atoms with Crippen molar-refractivity contribution in [2.75, 3.05) is 6.61 Å². The van der Waals surface area contributed by atoms with Gasteiger partial charge in [-0.25, -0.2) is 13.2 Å². The molecule has 2 N–H and O–H groups in total. The topological polar surface area (TPSA) is 49.3 Å². The quantitative estimate of drug-likeness (QED) is 0.849. The highest BCUT2D eigenvalue weighted by atomic mass is 19.2. The molecule has 0 heterocycles.